The lowest BCUT2D eigenvalue weighted by Crippen LogP contribution is -2.26. The first-order valence-electron chi connectivity index (χ1n) is 6.55. The summed E-state index contributed by atoms with van der Waals surface area (Å²) in [6.07, 6.45) is 0. The van der Waals surface area contributed by atoms with Crippen LogP contribution < -0.4 is 10.1 Å². The molecule has 2 aromatic carbocycles. The van der Waals surface area contributed by atoms with E-state index in [1.165, 1.54) is 0 Å². The van der Waals surface area contributed by atoms with Crippen LogP contribution in [0, 0.1) is 0 Å². The fourth-order valence-corrected chi connectivity index (χ4v) is 3.09. The number of hydrogen-bond donors (Lipinski definition) is 1. The number of hydrogen-bond acceptors (Lipinski definition) is 1. The Labute approximate surface area is 128 Å². The van der Waals surface area contributed by atoms with Crippen molar-refractivity contribution in [2.75, 3.05) is 0 Å². The van der Waals surface area contributed by atoms with Crippen LogP contribution in [0.3, 0.4) is 0 Å². The maximum atomic E-state index is 12.6. The molecule has 2 heterocycles. The van der Waals surface area contributed by atoms with Gasteiger partial charge in [0.05, 0.1) is 0 Å². The number of aromatic amines is 1. The molecule has 21 heavy (non-hydrogen) atoms. The van der Waals surface area contributed by atoms with Crippen LogP contribution in [0.5, 0.6) is 0 Å². The average Bonchev–Trinajstić information content (AvgIpc) is 2.86. The lowest BCUT2D eigenvalue weighted by molar-refractivity contribution is -0.555. The molecule has 5 heteroatoms. The van der Waals surface area contributed by atoms with E-state index in [1.807, 2.05) is 65.2 Å². The van der Waals surface area contributed by atoms with Crippen molar-refractivity contribution in [2.24, 2.45) is 0 Å². The summed E-state index contributed by atoms with van der Waals surface area (Å²) < 4.78 is 4.28. The maximum absolute atomic E-state index is 12.6. The van der Waals surface area contributed by atoms with Gasteiger partial charge >= 0.3 is 5.56 Å². The molecule has 0 aliphatic rings. The highest BCUT2D eigenvalue weighted by Crippen LogP contribution is 2.21. The Morgan fingerprint density at radius 2 is 1.67 bits per heavy atom. The molecule has 4 nitrogen and oxygen atoms in total. The Morgan fingerprint density at radius 3 is 2.48 bits per heavy atom. The fraction of sp³-hybridized carbons (Fsp3) is 0. The molecule has 0 radical (unpaired) electrons. The van der Waals surface area contributed by atoms with Gasteiger partial charge in [0, 0.05) is 15.9 Å². The predicted octanol–water partition coefficient (Wildman–Crippen LogP) is 2.82. The number of nitrogens with zero attached hydrogens (tertiary/aromatic N) is 2. The fourth-order valence-electron chi connectivity index (χ4n) is 2.54. The molecule has 2 aromatic heterocycles. The van der Waals surface area contributed by atoms with Gasteiger partial charge < -0.3 is 0 Å². The van der Waals surface area contributed by atoms with Crippen molar-refractivity contribution >= 4 is 32.3 Å². The summed E-state index contributed by atoms with van der Waals surface area (Å²) in [5, 5.41) is 4.20. The SMILES string of the molecule is O=c1c2cc(Br)c3ccccc3[n+]2[nH]n1-c1ccccc1. The molecule has 0 unspecified atom stereocenters. The molecule has 4 rings (SSSR count). The van der Waals surface area contributed by atoms with Gasteiger partial charge in [0.2, 0.25) is 5.52 Å². The van der Waals surface area contributed by atoms with Crippen LogP contribution in [0.15, 0.2) is 69.9 Å². The minimum atomic E-state index is -0.0762. The number of benzene rings is 2. The van der Waals surface area contributed by atoms with Crippen LogP contribution in [-0.2, 0) is 0 Å². The number of nitrogens with one attached hydrogen (secondary N) is 1. The second-order valence-corrected chi connectivity index (χ2v) is 5.66. The minimum absolute atomic E-state index is 0.0762. The van der Waals surface area contributed by atoms with Gasteiger partial charge in [-0.2, -0.15) is 0 Å². The Bertz CT molecular complexity index is 1020. The predicted molar refractivity (Wildman–Crippen MR) is 84.8 cm³/mol. The minimum Gasteiger partial charge on any atom is -0.234 e. The zero-order chi connectivity index (χ0) is 14.4. The maximum Gasteiger partial charge on any atom is 0.406 e. The van der Waals surface area contributed by atoms with Crippen LogP contribution in [0.4, 0.5) is 0 Å². The summed E-state index contributed by atoms with van der Waals surface area (Å²) in [6.45, 7) is 0. The first-order valence-corrected chi connectivity index (χ1v) is 7.34. The normalized spacial score (nSPS) is 11.3. The molecule has 1 N–H and O–H groups in total. The number of halogens is 1. The van der Waals surface area contributed by atoms with Crippen molar-refractivity contribution in [1.82, 2.24) is 9.90 Å². The van der Waals surface area contributed by atoms with Crippen molar-refractivity contribution in [3.63, 3.8) is 0 Å². The quantitative estimate of drug-likeness (QED) is 0.532. The second-order valence-electron chi connectivity index (χ2n) is 4.81. The number of H-pyrrole nitrogens is 1. The number of rotatable bonds is 1. The van der Waals surface area contributed by atoms with E-state index < -0.39 is 0 Å². The van der Waals surface area contributed by atoms with Crippen molar-refractivity contribution in [2.45, 2.75) is 0 Å². The molecule has 0 spiro atoms. The molecular formula is C16H11BrN3O+. The topological polar surface area (TPSA) is 41.9 Å². The van der Waals surface area contributed by atoms with Crippen LogP contribution in [-0.4, -0.2) is 9.90 Å². The van der Waals surface area contributed by atoms with Gasteiger partial charge in [0.15, 0.2) is 11.2 Å². The van der Waals surface area contributed by atoms with Crippen molar-refractivity contribution < 1.29 is 4.52 Å². The molecule has 0 fully saturated rings. The molecule has 0 bridgehead atoms. The summed E-state index contributed by atoms with van der Waals surface area (Å²) in [7, 11) is 0. The number of para-hydroxylation sites is 2. The molecule has 0 saturated carbocycles. The van der Waals surface area contributed by atoms with E-state index in [-0.39, 0.29) is 5.56 Å². The molecule has 0 aliphatic carbocycles. The monoisotopic (exact) mass is 340 g/mol. The highest BCUT2D eigenvalue weighted by molar-refractivity contribution is 9.10. The lowest BCUT2D eigenvalue weighted by atomic mass is 10.2. The largest absolute Gasteiger partial charge is 0.406 e. The molecule has 0 atom stereocenters. The van der Waals surface area contributed by atoms with Crippen molar-refractivity contribution in [1.29, 1.82) is 0 Å². The van der Waals surface area contributed by atoms with Crippen LogP contribution in [0.25, 0.3) is 22.1 Å². The highest BCUT2D eigenvalue weighted by Gasteiger charge is 2.19. The van der Waals surface area contributed by atoms with Gasteiger partial charge in [-0.15, -0.1) is 4.52 Å². The van der Waals surface area contributed by atoms with Crippen LogP contribution in [0.1, 0.15) is 0 Å². The van der Waals surface area contributed by atoms with E-state index in [0.717, 1.165) is 21.1 Å². The van der Waals surface area contributed by atoms with Gasteiger partial charge in [-0.25, -0.2) is 4.79 Å². The molecule has 102 valence electrons. The lowest BCUT2D eigenvalue weighted by Gasteiger charge is -1.97. The van der Waals surface area contributed by atoms with E-state index in [4.69, 9.17) is 0 Å². The van der Waals surface area contributed by atoms with E-state index in [0.29, 0.717) is 5.52 Å². The molecule has 0 amide bonds. The van der Waals surface area contributed by atoms with Gasteiger partial charge in [0.1, 0.15) is 0 Å². The van der Waals surface area contributed by atoms with Crippen molar-refractivity contribution in [3.05, 3.63) is 75.5 Å². The zero-order valence-electron chi connectivity index (χ0n) is 11.0. The molecule has 4 aromatic rings. The first kappa shape index (κ1) is 12.3. The van der Waals surface area contributed by atoms with E-state index in [9.17, 15) is 4.79 Å². The number of pyridine rings is 1. The third-order valence-electron chi connectivity index (χ3n) is 3.54. The summed E-state index contributed by atoms with van der Waals surface area (Å²) in [5.41, 5.74) is 2.29. The number of aromatic nitrogens is 3. The summed E-state index contributed by atoms with van der Waals surface area (Å²) >= 11 is 3.54. The second kappa shape index (κ2) is 4.56. The van der Waals surface area contributed by atoms with Crippen LogP contribution in [0.2, 0.25) is 0 Å². The highest BCUT2D eigenvalue weighted by atomic mass is 79.9. The Kier molecular flexibility index (Phi) is 2.68. The summed E-state index contributed by atoms with van der Waals surface area (Å²) in [5.74, 6) is 0. The van der Waals surface area contributed by atoms with Gasteiger partial charge in [0.25, 0.3) is 0 Å². The third kappa shape index (κ3) is 1.81. The molecule has 0 aliphatic heterocycles. The first-order chi connectivity index (χ1) is 10.3. The Balaban J connectivity index is 2.16. The van der Waals surface area contributed by atoms with E-state index in [2.05, 4.69) is 21.1 Å². The van der Waals surface area contributed by atoms with E-state index >= 15 is 0 Å². The zero-order valence-corrected chi connectivity index (χ0v) is 12.5. The van der Waals surface area contributed by atoms with Gasteiger partial charge in [-0.1, -0.05) is 40.2 Å². The third-order valence-corrected chi connectivity index (χ3v) is 4.20. The standard InChI is InChI=1S/C16H10BrN3O/c17-13-10-15-16(21)19(11-6-2-1-3-7-11)18-20(15)14-9-5-4-8-12(13)14/h1-10H/p+1. The smallest absolute Gasteiger partial charge is 0.234 e. The molecule has 0 saturated heterocycles. The Morgan fingerprint density at radius 1 is 0.952 bits per heavy atom. The summed E-state index contributed by atoms with van der Waals surface area (Å²) in [6, 6.07) is 19.3. The van der Waals surface area contributed by atoms with Gasteiger partial charge in [-0.3, -0.25) is 0 Å². The Hall–Kier alpha value is -2.40. The van der Waals surface area contributed by atoms with Crippen molar-refractivity contribution in [3.8, 4) is 5.69 Å². The molecular weight excluding hydrogens is 330 g/mol. The van der Waals surface area contributed by atoms with E-state index in [1.54, 1.807) is 4.68 Å². The number of fused-ring (bicyclic) bond motifs is 3. The van der Waals surface area contributed by atoms with Crippen LogP contribution >= 0.6 is 15.9 Å². The summed E-state index contributed by atoms with van der Waals surface area (Å²) in [4.78, 5) is 12.6. The van der Waals surface area contributed by atoms with Gasteiger partial charge in [-0.05, 0) is 40.2 Å². The average molecular weight is 341 g/mol.